The molecular weight excluding hydrogens is 504 g/mol. The third-order valence-corrected chi connectivity index (χ3v) is 6.44. The number of fused-ring (bicyclic) bond motifs is 2. The Kier molecular flexibility index (Phi) is 6.10. The lowest BCUT2D eigenvalue weighted by Crippen LogP contribution is -2.10. The van der Waals surface area contributed by atoms with Gasteiger partial charge in [0.2, 0.25) is 5.56 Å². The molecule has 6 aromatic rings. The molecule has 39 heavy (non-hydrogen) atoms. The number of aromatic nitrogens is 7. The Morgan fingerprint density at radius 2 is 1.79 bits per heavy atom. The fourth-order valence-electron chi connectivity index (χ4n) is 4.69. The summed E-state index contributed by atoms with van der Waals surface area (Å²) in [4.78, 5) is 28.2. The third-order valence-electron chi connectivity index (χ3n) is 6.44. The molecule has 1 N–H and O–H groups in total. The molecule has 4 heterocycles. The van der Waals surface area contributed by atoms with Crippen molar-refractivity contribution in [2.24, 2.45) is 0 Å². The summed E-state index contributed by atoms with van der Waals surface area (Å²) in [6.07, 6.45) is 1.94. The Morgan fingerprint density at radius 3 is 2.59 bits per heavy atom. The number of imidazole rings is 1. The molecule has 9 nitrogen and oxygen atoms in total. The van der Waals surface area contributed by atoms with Crippen LogP contribution < -0.4 is 10.3 Å². The highest BCUT2D eigenvalue weighted by Gasteiger charge is 2.18. The SMILES string of the molecule is Cc1cc(C)n2nc(Cc3nc4ccc(-c5ccc(=O)[nH]c5)cc4n3Cc3ccccc3OC(F)F)nc2n1. The molecule has 0 saturated carbocycles. The van der Waals surface area contributed by atoms with Gasteiger partial charge >= 0.3 is 6.61 Å². The first-order chi connectivity index (χ1) is 18.8. The summed E-state index contributed by atoms with van der Waals surface area (Å²) in [5, 5.41) is 4.63. The van der Waals surface area contributed by atoms with Crippen molar-refractivity contribution in [2.75, 3.05) is 0 Å². The number of halogens is 2. The van der Waals surface area contributed by atoms with Crippen molar-refractivity contribution < 1.29 is 13.5 Å². The number of nitrogens with zero attached hydrogens (tertiary/aromatic N) is 6. The highest BCUT2D eigenvalue weighted by molar-refractivity contribution is 5.82. The average molecular weight is 528 g/mol. The summed E-state index contributed by atoms with van der Waals surface area (Å²) < 4.78 is 34.7. The van der Waals surface area contributed by atoms with Crippen LogP contribution in [-0.2, 0) is 13.0 Å². The van der Waals surface area contributed by atoms with E-state index in [-0.39, 0.29) is 17.9 Å². The fraction of sp³-hybridized carbons (Fsp3) is 0.179. The molecule has 0 aliphatic heterocycles. The molecule has 11 heteroatoms. The van der Waals surface area contributed by atoms with Crippen molar-refractivity contribution >= 4 is 16.8 Å². The molecule has 0 aliphatic carbocycles. The van der Waals surface area contributed by atoms with E-state index >= 15 is 0 Å². The average Bonchev–Trinajstić information content (AvgIpc) is 3.46. The predicted molar refractivity (Wildman–Crippen MR) is 141 cm³/mol. The number of benzene rings is 2. The van der Waals surface area contributed by atoms with Crippen LogP contribution in [0.4, 0.5) is 8.78 Å². The number of rotatable bonds is 7. The first kappa shape index (κ1) is 24.4. The van der Waals surface area contributed by atoms with Crippen molar-refractivity contribution in [3.63, 3.8) is 0 Å². The van der Waals surface area contributed by atoms with Crippen LogP contribution in [0.1, 0.15) is 28.6 Å². The Hall–Kier alpha value is -4.93. The van der Waals surface area contributed by atoms with Crippen LogP contribution in [0.3, 0.4) is 0 Å². The fourth-order valence-corrected chi connectivity index (χ4v) is 4.69. The number of alkyl halides is 2. The van der Waals surface area contributed by atoms with E-state index in [1.54, 1.807) is 35.0 Å². The zero-order chi connectivity index (χ0) is 27.1. The second-order valence-electron chi connectivity index (χ2n) is 9.20. The van der Waals surface area contributed by atoms with Crippen LogP contribution in [-0.4, -0.2) is 40.7 Å². The zero-order valence-electron chi connectivity index (χ0n) is 21.1. The minimum Gasteiger partial charge on any atom is -0.434 e. The molecule has 2 aromatic carbocycles. The summed E-state index contributed by atoms with van der Waals surface area (Å²) >= 11 is 0. The van der Waals surface area contributed by atoms with Crippen LogP contribution in [0.25, 0.3) is 27.9 Å². The van der Waals surface area contributed by atoms with Gasteiger partial charge in [-0.2, -0.15) is 13.8 Å². The summed E-state index contributed by atoms with van der Waals surface area (Å²) in [7, 11) is 0. The summed E-state index contributed by atoms with van der Waals surface area (Å²) in [5.41, 5.74) is 5.33. The van der Waals surface area contributed by atoms with Gasteiger partial charge in [0.05, 0.1) is 24.0 Å². The molecule has 0 unspecified atom stereocenters. The Morgan fingerprint density at radius 1 is 0.974 bits per heavy atom. The van der Waals surface area contributed by atoms with E-state index in [0.29, 0.717) is 29.4 Å². The smallest absolute Gasteiger partial charge is 0.387 e. The molecule has 0 radical (unpaired) electrons. The highest BCUT2D eigenvalue weighted by atomic mass is 19.3. The number of pyridine rings is 1. The minimum absolute atomic E-state index is 0.0956. The molecule has 0 fully saturated rings. The van der Waals surface area contributed by atoms with Crippen LogP contribution in [0.2, 0.25) is 0 Å². The van der Waals surface area contributed by atoms with Crippen LogP contribution in [0.15, 0.2) is 71.7 Å². The first-order valence-corrected chi connectivity index (χ1v) is 12.2. The number of para-hydroxylation sites is 1. The largest absolute Gasteiger partial charge is 0.434 e. The number of ether oxygens (including phenoxy) is 1. The zero-order valence-corrected chi connectivity index (χ0v) is 21.1. The van der Waals surface area contributed by atoms with Crippen LogP contribution >= 0.6 is 0 Å². The quantitative estimate of drug-likeness (QED) is 0.323. The number of nitrogens with one attached hydrogen (secondary N) is 1. The number of aryl methyl sites for hydroxylation is 2. The van der Waals surface area contributed by atoms with Crippen molar-refractivity contribution in [1.82, 2.24) is 34.1 Å². The van der Waals surface area contributed by atoms with Gasteiger partial charge in [-0.05, 0) is 55.3 Å². The van der Waals surface area contributed by atoms with E-state index in [2.05, 4.69) is 20.1 Å². The molecule has 196 valence electrons. The second-order valence-corrected chi connectivity index (χ2v) is 9.20. The van der Waals surface area contributed by atoms with Crippen molar-refractivity contribution in [3.8, 4) is 16.9 Å². The Bertz CT molecular complexity index is 1870. The maximum absolute atomic E-state index is 13.1. The first-order valence-electron chi connectivity index (χ1n) is 12.2. The van der Waals surface area contributed by atoms with E-state index in [1.165, 1.54) is 12.1 Å². The standard InChI is InChI=1S/C28H23F2N7O2/c1-16-11-17(2)37-28(32-16)34-24(35-37)13-25-33-21-9-7-18(19-8-10-26(38)31-14-19)12-22(21)36(25)15-20-5-3-4-6-23(20)39-27(29)30/h3-12,14,27H,13,15H2,1-2H3,(H,31,38). The van der Waals surface area contributed by atoms with Gasteiger partial charge in [-0.3, -0.25) is 4.79 Å². The normalized spacial score (nSPS) is 11.6. The minimum atomic E-state index is -2.95. The molecule has 0 aliphatic rings. The van der Waals surface area contributed by atoms with E-state index in [4.69, 9.17) is 9.72 Å². The Labute approximate surface area is 220 Å². The molecular formula is C28H23F2N7O2. The second kappa shape index (κ2) is 9.75. The van der Waals surface area contributed by atoms with Gasteiger partial charge < -0.3 is 14.3 Å². The lowest BCUT2D eigenvalue weighted by atomic mass is 10.1. The number of aromatic amines is 1. The molecule has 0 amide bonds. The maximum Gasteiger partial charge on any atom is 0.387 e. The van der Waals surface area contributed by atoms with E-state index in [9.17, 15) is 13.6 Å². The van der Waals surface area contributed by atoms with Crippen molar-refractivity contribution in [1.29, 1.82) is 0 Å². The molecule has 4 aromatic heterocycles. The lowest BCUT2D eigenvalue weighted by molar-refractivity contribution is -0.0504. The molecule has 0 spiro atoms. The van der Waals surface area contributed by atoms with Gasteiger partial charge in [0.15, 0.2) is 5.82 Å². The van der Waals surface area contributed by atoms with E-state index in [1.807, 2.05) is 42.7 Å². The summed E-state index contributed by atoms with van der Waals surface area (Å²) in [6.45, 7) is 1.12. The van der Waals surface area contributed by atoms with Gasteiger partial charge in [-0.25, -0.2) is 14.5 Å². The highest BCUT2D eigenvalue weighted by Crippen LogP contribution is 2.28. The van der Waals surface area contributed by atoms with Gasteiger partial charge in [-0.15, -0.1) is 5.10 Å². The number of hydrogen-bond acceptors (Lipinski definition) is 6. The Balaban J connectivity index is 1.48. The van der Waals surface area contributed by atoms with E-state index < -0.39 is 6.61 Å². The number of H-pyrrole nitrogens is 1. The lowest BCUT2D eigenvalue weighted by Gasteiger charge is -2.14. The van der Waals surface area contributed by atoms with Crippen molar-refractivity contribution in [3.05, 3.63) is 106 Å². The summed E-state index contributed by atoms with van der Waals surface area (Å²) in [6, 6.07) is 17.6. The predicted octanol–water partition coefficient (Wildman–Crippen LogP) is 4.69. The number of hydrogen-bond donors (Lipinski definition) is 1. The van der Waals surface area contributed by atoms with Crippen LogP contribution in [0.5, 0.6) is 5.75 Å². The summed E-state index contributed by atoms with van der Waals surface area (Å²) in [5.74, 6) is 1.78. The molecule has 6 rings (SSSR count). The monoisotopic (exact) mass is 527 g/mol. The van der Waals surface area contributed by atoms with Crippen LogP contribution in [0, 0.1) is 13.8 Å². The topological polar surface area (TPSA) is 103 Å². The van der Waals surface area contributed by atoms with Gasteiger partial charge in [0.25, 0.3) is 5.78 Å². The van der Waals surface area contributed by atoms with Gasteiger partial charge in [0.1, 0.15) is 11.6 Å². The third kappa shape index (κ3) is 4.86. The van der Waals surface area contributed by atoms with E-state index in [0.717, 1.165) is 33.5 Å². The maximum atomic E-state index is 13.1. The molecule has 0 atom stereocenters. The molecule has 0 saturated heterocycles. The van der Waals surface area contributed by atoms with Crippen molar-refractivity contribution in [2.45, 2.75) is 33.4 Å². The molecule has 0 bridgehead atoms. The van der Waals surface area contributed by atoms with Gasteiger partial charge in [0, 0.05) is 29.2 Å². The van der Waals surface area contributed by atoms with Gasteiger partial charge in [-0.1, -0.05) is 24.3 Å².